The number of rotatable bonds is 16. The second kappa shape index (κ2) is 25.4. The van der Waals surface area contributed by atoms with Gasteiger partial charge in [-0.25, -0.2) is 4.68 Å². The highest BCUT2D eigenvalue weighted by Gasteiger charge is 2.53. The molecule has 74 heavy (non-hydrogen) atoms. The maximum absolute atomic E-state index is 14.5. The lowest BCUT2D eigenvalue weighted by atomic mass is 9.77. The van der Waals surface area contributed by atoms with E-state index in [1.807, 2.05) is 67.4 Å². The van der Waals surface area contributed by atoms with Crippen LogP contribution in [0, 0.1) is 17.8 Å². The average Bonchev–Trinajstić information content (AvgIpc) is 4.07. The molecule has 0 amide bonds. The molecule has 6 rings (SSSR count). The summed E-state index contributed by atoms with van der Waals surface area (Å²) in [5.41, 5.74) is -2.17. The number of aliphatic hydroxyl groups excluding tert-OH is 4. The smallest absolute Gasteiger partial charge is 0.311 e. The highest BCUT2D eigenvalue weighted by molar-refractivity contribution is 7.03. The molecule has 3 aromatic rings. The molecule has 0 bridgehead atoms. The first-order chi connectivity index (χ1) is 34.8. The normalized spacial score (nSPS) is 38.8. The van der Waals surface area contributed by atoms with Crippen molar-refractivity contribution in [3.8, 4) is 17.0 Å². The minimum absolute atomic E-state index is 0.0458. The van der Waals surface area contributed by atoms with Crippen molar-refractivity contribution in [3.63, 3.8) is 0 Å². The van der Waals surface area contributed by atoms with Crippen LogP contribution in [0.3, 0.4) is 0 Å². The van der Waals surface area contributed by atoms with Crippen LogP contribution in [0.25, 0.3) is 11.3 Å². The maximum Gasteiger partial charge on any atom is 0.311 e. The van der Waals surface area contributed by atoms with Crippen molar-refractivity contribution in [2.45, 2.75) is 204 Å². The zero-order valence-corrected chi connectivity index (χ0v) is 46.4. The predicted octanol–water partition coefficient (Wildman–Crippen LogP) is 3.06. The molecule has 0 spiro atoms. The van der Waals surface area contributed by atoms with Crippen LogP contribution in [0.5, 0.6) is 5.75 Å². The lowest BCUT2D eigenvalue weighted by molar-refractivity contribution is -0.318. The van der Waals surface area contributed by atoms with Crippen LogP contribution in [0.1, 0.15) is 101 Å². The Bertz CT molecular complexity index is 2190. The first-order valence-corrected chi connectivity index (χ1v) is 27.0. The number of aliphatic hydroxyl groups is 6. The Hall–Kier alpha value is -3.33. The van der Waals surface area contributed by atoms with Gasteiger partial charge in [-0.05, 0) is 124 Å². The van der Waals surface area contributed by atoms with Crippen LogP contribution in [-0.2, 0) is 46.2 Å². The van der Waals surface area contributed by atoms with Crippen molar-refractivity contribution in [3.05, 3.63) is 41.5 Å². The van der Waals surface area contributed by atoms with Crippen molar-refractivity contribution in [1.29, 1.82) is 0 Å². The molecule has 21 nitrogen and oxygen atoms in total. The third-order valence-corrected chi connectivity index (χ3v) is 16.3. The standard InChI is InChI=1S/C52H85N7O14S/c1-14-41-52(10,66)45(62)33(6)58(12)24-29(2)22-50(8,65)47(31(4)44(32(5)48(64)71-41)72-42-23-51(9,67-13)46(63)34(7)70-42)73-49-43(61)40(21-30(3)69-49)57(11)20-19-36-25-59(55-53-36)26-37(60)27-68-38-17-15-35(16-18-38)39-28-74-56-54-39/h15-18,25,28-34,37,40-47,49,60-63,65-66H,14,19-24,26-27H2,1-13H3/t29-,30-,31+,32-,33-,34+,37?,40+,41-,42+,43-,44+,45-,46+,47-,49+,50-,51-,52-/m1/s1. The van der Waals surface area contributed by atoms with E-state index in [1.54, 1.807) is 59.3 Å². The van der Waals surface area contributed by atoms with Crippen molar-refractivity contribution < 1.29 is 68.6 Å². The second-order valence-electron chi connectivity index (χ2n) is 22.1. The molecule has 1 aromatic carbocycles. The third kappa shape index (κ3) is 14.4. The number of ether oxygens (including phenoxy) is 7. The third-order valence-electron chi connectivity index (χ3n) is 15.8. The highest BCUT2D eigenvalue weighted by atomic mass is 32.1. The summed E-state index contributed by atoms with van der Waals surface area (Å²) in [6.45, 7) is 18.6. The number of methoxy groups -OCH3 is 1. The molecule has 22 heteroatoms. The quantitative estimate of drug-likeness (QED) is 0.113. The number of nitrogens with zero attached hydrogens (tertiary/aromatic N) is 7. The van der Waals surface area contributed by atoms with Gasteiger partial charge < -0.3 is 73.6 Å². The molecule has 0 saturated carbocycles. The molecule has 418 valence electrons. The number of aromatic nitrogens is 5. The van der Waals surface area contributed by atoms with E-state index in [1.165, 1.54) is 25.6 Å². The van der Waals surface area contributed by atoms with Crippen molar-refractivity contribution in [2.24, 2.45) is 17.8 Å². The topological polar surface area (TPSA) is 266 Å². The number of likely N-dealkylation sites (N-methyl/N-ethyl adjacent to an activating group) is 2. The summed E-state index contributed by atoms with van der Waals surface area (Å²) in [4.78, 5) is 18.4. The number of benzene rings is 1. The van der Waals surface area contributed by atoms with Gasteiger partial charge in [0.15, 0.2) is 12.6 Å². The van der Waals surface area contributed by atoms with E-state index < -0.39 is 108 Å². The van der Waals surface area contributed by atoms with E-state index >= 15 is 0 Å². The summed E-state index contributed by atoms with van der Waals surface area (Å²) in [7, 11) is 5.24. The molecule has 3 fully saturated rings. The van der Waals surface area contributed by atoms with Gasteiger partial charge in [-0.2, -0.15) is 0 Å². The SMILES string of the molecule is CC[C@H]1OC(=O)[C@H](C)[C@@H](O[C@H]2C[C@@](C)(OC)[C@@H](O)[C@H](C)O2)[C@H](C)[C@@H](O[C@@H]2O[C@H](C)C[C@H](N(C)CCc3cn(CC(O)COc4ccc(-c5csnn5)cc4)nn3)[C@H]2O)[C@](C)(O)C[C@@H](C)CN(C)[C@H](C)[C@@H](O)[C@]1(C)O. The molecule has 3 aliphatic rings. The van der Waals surface area contributed by atoms with Gasteiger partial charge in [0.05, 0.1) is 53.8 Å². The summed E-state index contributed by atoms with van der Waals surface area (Å²) in [5.74, 6) is -2.22. The van der Waals surface area contributed by atoms with E-state index in [9.17, 15) is 35.4 Å². The minimum atomic E-state index is -1.85. The van der Waals surface area contributed by atoms with Crippen molar-refractivity contribution in [2.75, 3.05) is 40.9 Å². The monoisotopic (exact) mass is 1060 g/mol. The number of hydrogen-bond donors (Lipinski definition) is 6. The molecular weight excluding hydrogens is 979 g/mol. The molecule has 5 heterocycles. The number of esters is 1. The lowest BCUT2D eigenvalue weighted by Crippen LogP contribution is -2.61. The Morgan fingerprint density at radius 2 is 1.68 bits per heavy atom. The Morgan fingerprint density at radius 3 is 2.32 bits per heavy atom. The average molecular weight is 1060 g/mol. The molecule has 6 N–H and O–H groups in total. The Labute approximate surface area is 440 Å². The molecule has 19 atom stereocenters. The first-order valence-electron chi connectivity index (χ1n) is 26.1. The fourth-order valence-corrected chi connectivity index (χ4v) is 11.6. The largest absolute Gasteiger partial charge is 0.491 e. The lowest BCUT2D eigenvalue weighted by Gasteiger charge is -2.49. The molecule has 0 radical (unpaired) electrons. The maximum atomic E-state index is 14.5. The number of cyclic esters (lactones) is 1. The van der Waals surface area contributed by atoms with Crippen LogP contribution in [0.2, 0.25) is 0 Å². The number of hydrogen-bond acceptors (Lipinski definition) is 21. The summed E-state index contributed by atoms with van der Waals surface area (Å²) in [6.07, 6.45) is -7.87. The highest BCUT2D eigenvalue weighted by Crippen LogP contribution is 2.40. The van der Waals surface area contributed by atoms with E-state index in [-0.39, 0.29) is 44.4 Å². The molecule has 0 aliphatic carbocycles. The van der Waals surface area contributed by atoms with E-state index in [0.29, 0.717) is 37.4 Å². The number of carbonyl (C=O) groups excluding carboxylic acids is 1. The molecule has 2 aromatic heterocycles. The van der Waals surface area contributed by atoms with E-state index in [4.69, 9.17) is 33.2 Å². The summed E-state index contributed by atoms with van der Waals surface area (Å²) >= 11 is 1.28. The Balaban J connectivity index is 1.20. The number of carbonyl (C=O) groups is 1. The van der Waals surface area contributed by atoms with Gasteiger partial charge in [0.2, 0.25) is 0 Å². The van der Waals surface area contributed by atoms with Gasteiger partial charge in [-0.1, -0.05) is 30.5 Å². The van der Waals surface area contributed by atoms with Gasteiger partial charge in [0, 0.05) is 68.2 Å². The van der Waals surface area contributed by atoms with Crippen molar-refractivity contribution in [1.82, 2.24) is 34.4 Å². The van der Waals surface area contributed by atoms with E-state index in [0.717, 1.165) is 11.3 Å². The molecule has 1 unspecified atom stereocenters. The minimum Gasteiger partial charge on any atom is -0.491 e. The van der Waals surface area contributed by atoms with Crippen LogP contribution in [-0.4, -0.2) is 208 Å². The van der Waals surface area contributed by atoms with Crippen LogP contribution >= 0.6 is 11.5 Å². The molecule has 3 aliphatic heterocycles. The predicted molar refractivity (Wildman–Crippen MR) is 274 cm³/mol. The van der Waals surface area contributed by atoms with Crippen LogP contribution in [0.15, 0.2) is 35.8 Å². The van der Waals surface area contributed by atoms with Crippen molar-refractivity contribution >= 4 is 17.5 Å². The fourth-order valence-electron chi connectivity index (χ4n) is 11.1. The van der Waals surface area contributed by atoms with E-state index in [2.05, 4.69) is 19.9 Å². The summed E-state index contributed by atoms with van der Waals surface area (Å²) in [5, 5.41) is 85.0. The fraction of sp³-hybridized carbons (Fsp3) is 0.788. The van der Waals surface area contributed by atoms with Gasteiger partial charge >= 0.3 is 5.97 Å². The zero-order chi connectivity index (χ0) is 54.4. The summed E-state index contributed by atoms with van der Waals surface area (Å²) < 4.78 is 49.6. The van der Waals surface area contributed by atoms with Gasteiger partial charge in [0.25, 0.3) is 0 Å². The Kier molecular flexibility index (Phi) is 20.6. The zero-order valence-electron chi connectivity index (χ0n) is 45.6. The van der Waals surface area contributed by atoms with Crippen LogP contribution in [0.4, 0.5) is 0 Å². The van der Waals surface area contributed by atoms with Gasteiger partial charge in [-0.3, -0.25) is 4.79 Å². The second-order valence-corrected chi connectivity index (χ2v) is 22.8. The van der Waals surface area contributed by atoms with Gasteiger partial charge in [-0.15, -0.1) is 10.2 Å². The molecule has 3 saturated heterocycles. The summed E-state index contributed by atoms with van der Waals surface area (Å²) in [6, 6.07) is 6.37. The first kappa shape index (κ1) is 59.9. The van der Waals surface area contributed by atoms with Crippen LogP contribution < -0.4 is 4.74 Å². The molecular formula is C52H85N7O14S. The Morgan fingerprint density at radius 1 is 0.973 bits per heavy atom. The van der Waals surface area contributed by atoms with Gasteiger partial charge in [0.1, 0.15) is 54.2 Å².